The summed E-state index contributed by atoms with van der Waals surface area (Å²) in [6.07, 6.45) is 7.82. The molecule has 2 aliphatic rings. The SMILES string of the molecule is C#C[C@H]1[C@@H](O)[C@H](n2ccc(=O)[nH]c2=O)O[C@@H]1CO.C#C[C@H]1[C@@H](O)[C@H](n2ccc(=O)[nH]c2=O)O[C@@H]1CO[Si](c1ccccc1)(c1ccccc1)C(C)(C)C. The molecular formula is C38H42N4O10Si. The average Bonchev–Trinajstić information content (AvgIpc) is 3.63. The Balaban J connectivity index is 0.000000252. The van der Waals surface area contributed by atoms with Crippen molar-refractivity contribution < 1.29 is 29.2 Å². The average molecular weight is 743 g/mol. The molecule has 0 aliphatic carbocycles. The van der Waals surface area contributed by atoms with E-state index in [1.807, 2.05) is 41.4 Å². The van der Waals surface area contributed by atoms with Gasteiger partial charge in [-0.05, 0) is 15.4 Å². The summed E-state index contributed by atoms with van der Waals surface area (Å²) < 4.78 is 20.6. The van der Waals surface area contributed by atoms with E-state index in [1.165, 1.54) is 18.5 Å². The Morgan fingerprint density at radius 1 is 0.736 bits per heavy atom. The lowest BCUT2D eigenvalue weighted by atomic mass is 9.99. The number of benzene rings is 2. The summed E-state index contributed by atoms with van der Waals surface area (Å²) in [6.45, 7) is 6.29. The van der Waals surface area contributed by atoms with E-state index >= 15 is 0 Å². The topological polar surface area (TPSA) is 198 Å². The quantitative estimate of drug-likeness (QED) is 0.118. The van der Waals surface area contributed by atoms with Crippen LogP contribution in [0, 0.1) is 36.5 Å². The number of aromatic amines is 2. The molecule has 0 saturated carbocycles. The van der Waals surface area contributed by atoms with Gasteiger partial charge in [0.25, 0.3) is 19.4 Å². The minimum atomic E-state index is -2.85. The highest BCUT2D eigenvalue weighted by atomic mass is 28.4. The summed E-state index contributed by atoms with van der Waals surface area (Å²) in [7, 11) is -2.85. The smallest absolute Gasteiger partial charge is 0.330 e. The molecule has 2 aromatic heterocycles. The molecule has 0 radical (unpaired) electrons. The number of aliphatic hydroxyl groups excluding tert-OH is 3. The lowest BCUT2D eigenvalue weighted by Crippen LogP contribution is -2.67. The zero-order chi connectivity index (χ0) is 38.5. The standard InChI is InChI=1S/C27H30N2O5Si.C11H12N2O5/c1-5-21-22(34-25(24(21)31)29-17-16-23(30)28-26(29)32)18-33-35(27(2,3)4,19-12-8-6-9-13-19)20-14-10-7-11-15-20;1-2-6-7(5-14)18-10(9(6)16)13-4-3-8(15)12-11(13)17/h1,6-17,21-22,24-25,31H,18H2,2-4H3,(H,28,30,32);1,3-4,6-7,9-10,14,16H,5H2,(H,12,15,17)/t21-,22-,24-,25-;6-,7-,9-,10-/m11/s1. The fourth-order valence-electron chi connectivity index (χ4n) is 6.88. The largest absolute Gasteiger partial charge is 0.405 e. The first-order chi connectivity index (χ1) is 25.3. The molecule has 2 saturated heterocycles. The third-order valence-corrected chi connectivity index (χ3v) is 14.5. The maximum absolute atomic E-state index is 12.3. The number of ether oxygens (including phenoxy) is 2. The molecule has 8 atom stereocenters. The van der Waals surface area contributed by atoms with Crippen molar-refractivity contribution in [2.45, 2.75) is 62.7 Å². The molecule has 4 aromatic rings. The second-order valence-corrected chi connectivity index (χ2v) is 18.0. The second kappa shape index (κ2) is 16.3. The normalized spacial score (nSPS) is 25.5. The first kappa shape index (κ1) is 39.1. The molecule has 2 aliphatic heterocycles. The molecule has 15 heteroatoms. The summed E-state index contributed by atoms with van der Waals surface area (Å²) in [4.78, 5) is 50.5. The number of terminal acetylenes is 2. The van der Waals surface area contributed by atoms with E-state index in [9.17, 15) is 29.4 Å². The Morgan fingerprint density at radius 3 is 1.51 bits per heavy atom. The summed E-state index contributed by atoms with van der Waals surface area (Å²) >= 11 is 0. The Labute approximate surface area is 305 Å². The molecule has 0 unspecified atom stereocenters. The van der Waals surface area contributed by atoms with E-state index in [0.29, 0.717) is 0 Å². The fourth-order valence-corrected chi connectivity index (χ4v) is 11.4. The molecule has 4 heterocycles. The van der Waals surface area contributed by atoms with Gasteiger partial charge >= 0.3 is 11.4 Å². The van der Waals surface area contributed by atoms with Gasteiger partial charge in [0.15, 0.2) is 12.5 Å². The van der Waals surface area contributed by atoms with Crippen LogP contribution in [0.4, 0.5) is 0 Å². The van der Waals surface area contributed by atoms with Gasteiger partial charge in [-0.25, -0.2) is 9.59 Å². The van der Waals surface area contributed by atoms with Crippen LogP contribution in [0.1, 0.15) is 33.2 Å². The van der Waals surface area contributed by atoms with Crippen LogP contribution in [-0.2, 0) is 13.9 Å². The Hall–Kier alpha value is -5.10. The van der Waals surface area contributed by atoms with Crippen LogP contribution < -0.4 is 32.9 Å². The molecule has 53 heavy (non-hydrogen) atoms. The van der Waals surface area contributed by atoms with E-state index in [-0.39, 0.29) is 18.3 Å². The van der Waals surface area contributed by atoms with Crippen LogP contribution in [0.15, 0.2) is 104 Å². The number of nitrogens with zero attached hydrogens (tertiary/aromatic N) is 2. The Kier molecular flexibility index (Phi) is 12.0. The van der Waals surface area contributed by atoms with Crippen molar-refractivity contribution in [1.82, 2.24) is 19.1 Å². The number of aromatic nitrogens is 4. The Bertz CT molecular complexity index is 2140. The molecule has 0 amide bonds. The van der Waals surface area contributed by atoms with E-state index in [0.717, 1.165) is 25.6 Å². The minimum Gasteiger partial charge on any atom is -0.405 e. The summed E-state index contributed by atoms with van der Waals surface area (Å²) in [6, 6.07) is 22.7. The van der Waals surface area contributed by atoms with Crippen molar-refractivity contribution in [3.63, 3.8) is 0 Å². The van der Waals surface area contributed by atoms with Crippen LogP contribution in [0.2, 0.25) is 5.04 Å². The third-order valence-electron chi connectivity index (χ3n) is 9.45. The maximum atomic E-state index is 12.3. The number of hydrogen-bond donors (Lipinski definition) is 5. The number of nitrogens with one attached hydrogen (secondary N) is 2. The molecule has 0 spiro atoms. The molecule has 2 aromatic carbocycles. The monoisotopic (exact) mass is 742 g/mol. The molecular weight excluding hydrogens is 701 g/mol. The molecule has 278 valence electrons. The summed E-state index contributed by atoms with van der Waals surface area (Å²) in [5.41, 5.74) is -2.46. The predicted molar refractivity (Wildman–Crippen MR) is 198 cm³/mol. The van der Waals surface area contributed by atoms with Gasteiger partial charge < -0.3 is 29.2 Å². The number of hydrogen-bond acceptors (Lipinski definition) is 10. The van der Waals surface area contributed by atoms with Crippen molar-refractivity contribution in [2.75, 3.05) is 13.2 Å². The zero-order valence-corrected chi connectivity index (χ0v) is 30.4. The van der Waals surface area contributed by atoms with Crippen LogP contribution in [0.25, 0.3) is 0 Å². The van der Waals surface area contributed by atoms with Gasteiger partial charge in [0.05, 0.1) is 37.3 Å². The predicted octanol–water partition coefficient (Wildman–Crippen LogP) is -0.342. The van der Waals surface area contributed by atoms with Crippen LogP contribution in [0.3, 0.4) is 0 Å². The molecule has 14 nitrogen and oxygen atoms in total. The molecule has 2 fully saturated rings. The minimum absolute atomic E-state index is 0.133. The van der Waals surface area contributed by atoms with E-state index in [1.54, 1.807) is 0 Å². The van der Waals surface area contributed by atoms with Gasteiger partial charge in [-0.2, -0.15) is 0 Å². The lowest BCUT2D eigenvalue weighted by molar-refractivity contribution is -0.0533. The van der Waals surface area contributed by atoms with Crippen molar-refractivity contribution in [3.05, 3.63) is 127 Å². The van der Waals surface area contributed by atoms with E-state index in [4.69, 9.17) is 31.9 Å². The maximum Gasteiger partial charge on any atom is 0.330 e. The van der Waals surface area contributed by atoms with Gasteiger partial charge in [0.2, 0.25) is 0 Å². The summed E-state index contributed by atoms with van der Waals surface area (Å²) in [5.74, 6) is 3.54. The number of H-pyrrole nitrogens is 2. The van der Waals surface area contributed by atoms with Gasteiger partial charge in [0, 0.05) is 24.5 Å². The van der Waals surface area contributed by atoms with Crippen molar-refractivity contribution in [1.29, 1.82) is 0 Å². The van der Waals surface area contributed by atoms with E-state index in [2.05, 4.69) is 61.9 Å². The second-order valence-electron chi connectivity index (χ2n) is 13.7. The van der Waals surface area contributed by atoms with E-state index < -0.39 is 79.5 Å². The first-order valence-electron chi connectivity index (χ1n) is 16.9. The van der Waals surface area contributed by atoms with Gasteiger partial charge in [-0.15, -0.1) is 12.8 Å². The first-order valence-corrected chi connectivity index (χ1v) is 18.8. The lowest BCUT2D eigenvalue weighted by Gasteiger charge is -2.43. The van der Waals surface area contributed by atoms with Gasteiger partial charge in [-0.3, -0.25) is 28.7 Å². The number of rotatable bonds is 8. The highest BCUT2D eigenvalue weighted by molar-refractivity contribution is 6.99. The van der Waals surface area contributed by atoms with Crippen LogP contribution in [0.5, 0.6) is 0 Å². The van der Waals surface area contributed by atoms with Gasteiger partial charge in [-0.1, -0.05) is 93.3 Å². The molecule has 6 rings (SSSR count). The molecule has 0 bridgehead atoms. The van der Waals surface area contributed by atoms with Crippen LogP contribution >= 0.6 is 0 Å². The van der Waals surface area contributed by atoms with Gasteiger partial charge in [0.1, 0.15) is 12.2 Å². The highest BCUT2D eigenvalue weighted by Crippen LogP contribution is 2.39. The van der Waals surface area contributed by atoms with Crippen LogP contribution in [-0.4, -0.2) is 80.4 Å². The third kappa shape index (κ3) is 7.83. The highest BCUT2D eigenvalue weighted by Gasteiger charge is 2.52. The van der Waals surface area contributed by atoms with Crippen molar-refractivity contribution in [2.24, 2.45) is 11.8 Å². The summed E-state index contributed by atoms with van der Waals surface area (Å²) in [5, 5.41) is 32.0. The zero-order valence-electron chi connectivity index (χ0n) is 29.4. The molecule has 5 N–H and O–H groups in total. The fraction of sp³-hybridized carbons (Fsp3) is 0.368. The van der Waals surface area contributed by atoms with Crippen molar-refractivity contribution in [3.8, 4) is 24.7 Å². The number of aliphatic hydroxyl groups is 3. The Morgan fingerprint density at radius 2 is 1.15 bits per heavy atom. The van der Waals surface area contributed by atoms with Crippen molar-refractivity contribution >= 4 is 18.7 Å².